The summed E-state index contributed by atoms with van der Waals surface area (Å²) in [4.78, 5) is 10.4. The highest BCUT2D eigenvalue weighted by atomic mass is 19.2. The first-order valence-corrected chi connectivity index (χ1v) is 4.35. The van der Waals surface area contributed by atoms with Crippen molar-refractivity contribution in [1.82, 2.24) is 0 Å². The van der Waals surface area contributed by atoms with E-state index in [1.807, 2.05) is 0 Å². The van der Waals surface area contributed by atoms with Crippen molar-refractivity contribution in [3.8, 4) is 0 Å². The minimum atomic E-state index is -2.93. The van der Waals surface area contributed by atoms with E-state index >= 15 is 0 Å². The summed E-state index contributed by atoms with van der Waals surface area (Å²) in [5.41, 5.74) is 0. The van der Waals surface area contributed by atoms with Gasteiger partial charge in [-0.05, 0) is 0 Å². The van der Waals surface area contributed by atoms with E-state index in [9.17, 15) is 26.7 Å². The van der Waals surface area contributed by atoms with Gasteiger partial charge in [0.1, 0.15) is 13.3 Å². The van der Waals surface area contributed by atoms with Crippen LogP contribution in [-0.2, 0) is 9.53 Å². The van der Waals surface area contributed by atoms with Crippen molar-refractivity contribution in [2.45, 2.75) is 24.7 Å². The van der Waals surface area contributed by atoms with E-state index in [1.165, 1.54) is 0 Å². The van der Waals surface area contributed by atoms with Gasteiger partial charge in [0.2, 0.25) is 0 Å². The van der Waals surface area contributed by atoms with Gasteiger partial charge in [-0.25, -0.2) is 26.7 Å². The molecule has 0 aliphatic carbocycles. The summed E-state index contributed by atoms with van der Waals surface area (Å²) >= 11 is 0. The van der Waals surface area contributed by atoms with Crippen molar-refractivity contribution >= 4 is 5.97 Å². The summed E-state index contributed by atoms with van der Waals surface area (Å²) in [6, 6.07) is 0. The van der Waals surface area contributed by atoms with Gasteiger partial charge in [0.25, 0.3) is 0 Å². The summed E-state index contributed by atoms with van der Waals surface area (Å²) < 4.78 is 66.3. The third-order valence-corrected chi connectivity index (χ3v) is 1.69. The Bertz CT molecular complexity index is 236. The lowest BCUT2D eigenvalue weighted by Gasteiger charge is -2.18. The average molecular weight is 246 g/mol. The summed E-state index contributed by atoms with van der Waals surface area (Å²) in [6.45, 7) is 0.158. The molecule has 0 spiro atoms. The number of rotatable bonds is 7. The molecule has 0 fully saturated rings. The molecule has 0 amide bonds. The molecule has 16 heavy (non-hydrogen) atoms. The highest BCUT2D eigenvalue weighted by Gasteiger charge is 2.36. The van der Waals surface area contributed by atoms with E-state index in [2.05, 4.69) is 11.3 Å². The Labute approximate surface area is 89.1 Å². The standard InChI is InChI=1S/C9H11F5O2/c1-2-7(15)16-4-6(12)9(14)8(13)5(11)3-10/h2,5-6,8-9H,1,3-4H2. The second-order valence-electron chi connectivity index (χ2n) is 2.91. The normalized spacial score (nSPS) is 18.3. The molecule has 0 aromatic rings. The molecule has 0 aliphatic rings. The molecule has 0 heterocycles. The van der Waals surface area contributed by atoms with Crippen LogP contribution in [0.3, 0.4) is 0 Å². The van der Waals surface area contributed by atoms with Crippen LogP contribution in [0.5, 0.6) is 0 Å². The average Bonchev–Trinajstić information content (AvgIpc) is 2.32. The molecule has 0 aromatic heterocycles. The first kappa shape index (κ1) is 14.9. The van der Waals surface area contributed by atoms with Crippen LogP contribution >= 0.6 is 0 Å². The molecule has 0 radical (unpaired) electrons. The summed E-state index contributed by atoms with van der Waals surface area (Å²) in [5.74, 6) is -1.02. The number of esters is 1. The predicted molar refractivity (Wildman–Crippen MR) is 46.7 cm³/mol. The van der Waals surface area contributed by atoms with Crippen LogP contribution in [0.1, 0.15) is 0 Å². The van der Waals surface area contributed by atoms with Gasteiger partial charge in [0.05, 0.1) is 0 Å². The van der Waals surface area contributed by atoms with Gasteiger partial charge in [-0.15, -0.1) is 0 Å². The molecule has 0 rings (SSSR count). The number of alkyl halides is 5. The fourth-order valence-electron chi connectivity index (χ4n) is 0.797. The summed E-state index contributed by atoms with van der Waals surface area (Å²) in [7, 11) is 0. The van der Waals surface area contributed by atoms with Crippen molar-refractivity contribution in [2.24, 2.45) is 0 Å². The third-order valence-electron chi connectivity index (χ3n) is 1.69. The van der Waals surface area contributed by atoms with Gasteiger partial charge in [0, 0.05) is 6.08 Å². The van der Waals surface area contributed by atoms with E-state index in [1.54, 1.807) is 0 Å². The lowest BCUT2D eigenvalue weighted by atomic mass is 10.1. The van der Waals surface area contributed by atoms with Crippen molar-refractivity contribution in [3.63, 3.8) is 0 Å². The molecule has 2 nitrogen and oxygen atoms in total. The van der Waals surface area contributed by atoms with Gasteiger partial charge in [-0.3, -0.25) is 0 Å². The molecule has 0 aromatic carbocycles. The number of carbonyl (C=O) groups excluding carboxylic acids is 1. The van der Waals surface area contributed by atoms with Gasteiger partial charge in [-0.1, -0.05) is 6.58 Å². The predicted octanol–water partition coefficient (Wildman–Crippen LogP) is 2.04. The molecular weight excluding hydrogens is 235 g/mol. The maximum absolute atomic E-state index is 12.8. The second kappa shape index (κ2) is 7.19. The second-order valence-corrected chi connectivity index (χ2v) is 2.91. The lowest BCUT2D eigenvalue weighted by Crippen LogP contribution is -2.38. The minimum Gasteiger partial charge on any atom is -0.459 e. The fourth-order valence-corrected chi connectivity index (χ4v) is 0.797. The third kappa shape index (κ3) is 4.59. The molecule has 4 atom stereocenters. The van der Waals surface area contributed by atoms with E-state index < -0.39 is 43.9 Å². The molecule has 0 saturated carbocycles. The quantitative estimate of drug-likeness (QED) is 0.390. The largest absolute Gasteiger partial charge is 0.459 e. The number of halogens is 5. The number of hydrogen-bond donors (Lipinski definition) is 0. The van der Waals surface area contributed by atoms with Gasteiger partial charge < -0.3 is 4.74 Å². The van der Waals surface area contributed by atoms with Gasteiger partial charge >= 0.3 is 5.97 Å². The maximum Gasteiger partial charge on any atom is 0.330 e. The summed E-state index contributed by atoms with van der Waals surface area (Å²) in [5, 5.41) is 0. The molecule has 0 saturated heterocycles. The number of hydrogen-bond acceptors (Lipinski definition) is 2. The fraction of sp³-hybridized carbons (Fsp3) is 0.667. The van der Waals surface area contributed by atoms with Crippen LogP contribution in [0.15, 0.2) is 12.7 Å². The van der Waals surface area contributed by atoms with E-state index in [4.69, 9.17) is 0 Å². The van der Waals surface area contributed by atoms with Crippen LogP contribution < -0.4 is 0 Å². The van der Waals surface area contributed by atoms with Gasteiger partial charge in [0.15, 0.2) is 24.7 Å². The van der Waals surface area contributed by atoms with Crippen molar-refractivity contribution < 1.29 is 31.5 Å². The molecular formula is C9H11F5O2. The van der Waals surface area contributed by atoms with Crippen LogP contribution in [0.4, 0.5) is 22.0 Å². The van der Waals surface area contributed by atoms with E-state index in [-0.39, 0.29) is 0 Å². The Balaban J connectivity index is 4.11. The molecule has 0 N–H and O–H groups in total. The maximum atomic E-state index is 12.8. The smallest absolute Gasteiger partial charge is 0.330 e. The molecule has 7 heteroatoms. The highest BCUT2D eigenvalue weighted by molar-refractivity contribution is 5.81. The van der Waals surface area contributed by atoms with E-state index in [0.29, 0.717) is 6.08 Å². The Kier molecular flexibility index (Phi) is 6.67. The number of carbonyl (C=O) groups is 1. The van der Waals surface area contributed by atoms with Crippen molar-refractivity contribution in [1.29, 1.82) is 0 Å². The first-order chi connectivity index (χ1) is 7.43. The van der Waals surface area contributed by atoms with Crippen molar-refractivity contribution in [2.75, 3.05) is 13.3 Å². The van der Waals surface area contributed by atoms with Crippen LogP contribution in [-0.4, -0.2) is 43.9 Å². The Morgan fingerprint density at radius 1 is 1.19 bits per heavy atom. The van der Waals surface area contributed by atoms with Crippen LogP contribution in [0.25, 0.3) is 0 Å². The highest BCUT2D eigenvalue weighted by Crippen LogP contribution is 2.18. The molecule has 94 valence electrons. The molecule has 4 unspecified atom stereocenters. The number of ether oxygens (including phenoxy) is 1. The van der Waals surface area contributed by atoms with Crippen LogP contribution in [0, 0.1) is 0 Å². The van der Waals surface area contributed by atoms with Gasteiger partial charge in [-0.2, -0.15) is 0 Å². The molecule has 0 aliphatic heterocycles. The minimum absolute atomic E-state index is 0.701. The Morgan fingerprint density at radius 2 is 1.69 bits per heavy atom. The van der Waals surface area contributed by atoms with Crippen LogP contribution in [0.2, 0.25) is 0 Å². The SMILES string of the molecule is C=CC(=O)OCC(F)C(F)C(F)C(F)CF. The van der Waals surface area contributed by atoms with E-state index in [0.717, 1.165) is 0 Å². The molecule has 0 bridgehead atoms. The monoisotopic (exact) mass is 246 g/mol. The Morgan fingerprint density at radius 3 is 2.12 bits per heavy atom. The lowest BCUT2D eigenvalue weighted by molar-refractivity contribution is -0.140. The van der Waals surface area contributed by atoms with Crippen molar-refractivity contribution in [3.05, 3.63) is 12.7 Å². The summed E-state index contributed by atoms with van der Waals surface area (Å²) in [6.07, 6.45) is -10.4. The zero-order valence-corrected chi connectivity index (χ0v) is 8.21. The topological polar surface area (TPSA) is 26.3 Å². The zero-order chi connectivity index (χ0) is 12.7. The Hall–Kier alpha value is -1.14. The zero-order valence-electron chi connectivity index (χ0n) is 8.21. The first-order valence-electron chi connectivity index (χ1n) is 4.35.